The Balaban J connectivity index is 0.00000364. The number of sulfonamides is 1. The van der Waals surface area contributed by atoms with Crippen molar-refractivity contribution in [1.82, 2.24) is 4.72 Å². The number of halogens is 1. The number of nitrogens with two attached hydrogens (primary N) is 1. The molecule has 7 nitrogen and oxygen atoms in total. The Morgan fingerprint density at radius 2 is 1.59 bits per heavy atom. The van der Waals surface area contributed by atoms with Crippen LogP contribution in [0.2, 0.25) is 0 Å². The summed E-state index contributed by atoms with van der Waals surface area (Å²) in [5.74, 6) is -0.986. The van der Waals surface area contributed by atoms with E-state index < -0.39 is 16.0 Å². The van der Waals surface area contributed by atoms with Crippen LogP contribution in [0, 0.1) is 5.41 Å². The smallest absolute Gasteiger partial charge is 0.307 e. The van der Waals surface area contributed by atoms with Crippen molar-refractivity contribution in [2.45, 2.75) is 24.2 Å². The maximum absolute atomic E-state index is 12.2. The maximum Gasteiger partial charge on any atom is 0.307 e. The first kappa shape index (κ1) is 22.6. The van der Waals surface area contributed by atoms with Crippen LogP contribution in [-0.4, -0.2) is 31.9 Å². The van der Waals surface area contributed by atoms with E-state index in [0.29, 0.717) is 18.4 Å². The number of hydrogen-bond acceptors (Lipinski definition) is 4. The molecule has 0 radical (unpaired) electrons. The molecule has 0 amide bonds. The molecule has 27 heavy (non-hydrogen) atoms. The van der Waals surface area contributed by atoms with Crippen molar-refractivity contribution in [2.24, 2.45) is 5.73 Å². The van der Waals surface area contributed by atoms with Gasteiger partial charge < -0.3 is 10.8 Å². The molecule has 0 saturated carbocycles. The van der Waals surface area contributed by atoms with Crippen molar-refractivity contribution in [3.63, 3.8) is 0 Å². The van der Waals surface area contributed by atoms with Crippen LogP contribution in [0.3, 0.4) is 0 Å². The van der Waals surface area contributed by atoms with Gasteiger partial charge in [-0.05, 0) is 48.2 Å². The Kier molecular flexibility index (Phi) is 8.42. The maximum atomic E-state index is 12.2. The number of nitrogens with one attached hydrogen (secondary N) is 2. The SMILES string of the molecule is Cl.N=C(N)c1ccc(S(=O)(=O)NCCCc2ccc(CC(=O)O)cc2)cc1. The fraction of sp³-hybridized carbons (Fsp3) is 0.222. The van der Waals surface area contributed by atoms with Crippen LogP contribution in [0.25, 0.3) is 0 Å². The standard InChI is InChI=1S/C18H21N3O4S.ClH/c19-18(20)15-7-9-16(10-8-15)26(24,25)21-11-1-2-13-3-5-14(6-4-13)12-17(22)23;/h3-10,21H,1-2,11-12H2,(H3,19,20)(H,22,23);1H. The Labute approximate surface area is 164 Å². The normalized spacial score (nSPS) is 10.8. The second-order valence-electron chi connectivity index (χ2n) is 5.83. The molecule has 0 bridgehead atoms. The van der Waals surface area contributed by atoms with Crippen LogP contribution in [0.1, 0.15) is 23.1 Å². The molecule has 2 rings (SSSR count). The van der Waals surface area contributed by atoms with E-state index in [9.17, 15) is 13.2 Å². The minimum Gasteiger partial charge on any atom is -0.481 e. The molecule has 0 aliphatic heterocycles. The number of amidine groups is 1. The van der Waals surface area contributed by atoms with Gasteiger partial charge in [-0.1, -0.05) is 24.3 Å². The van der Waals surface area contributed by atoms with Crippen LogP contribution in [0.15, 0.2) is 53.4 Å². The molecule has 2 aromatic carbocycles. The molecule has 146 valence electrons. The second kappa shape index (κ2) is 10.1. The van der Waals surface area contributed by atoms with Crippen molar-refractivity contribution in [3.05, 3.63) is 65.2 Å². The van der Waals surface area contributed by atoms with Gasteiger partial charge in [-0.2, -0.15) is 0 Å². The summed E-state index contributed by atoms with van der Waals surface area (Å²) in [5, 5.41) is 16.0. The molecule has 0 aliphatic carbocycles. The van der Waals surface area contributed by atoms with E-state index in [1.54, 1.807) is 12.1 Å². The Hall–Kier alpha value is -2.42. The van der Waals surface area contributed by atoms with Crippen LogP contribution in [0.5, 0.6) is 0 Å². The fourth-order valence-corrected chi connectivity index (χ4v) is 3.47. The summed E-state index contributed by atoms with van der Waals surface area (Å²) in [5.41, 5.74) is 7.57. The largest absolute Gasteiger partial charge is 0.481 e. The molecule has 2 aromatic rings. The Morgan fingerprint density at radius 3 is 2.11 bits per heavy atom. The van der Waals surface area contributed by atoms with Gasteiger partial charge in [0.1, 0.15) is 5.84 Å². The summed E-state index contributed by atoms with van der Waals surface area (Å²) in [6, 6.07) is 13.1. The first-order chi connectivity index (χ1) is 12.3. The summed E-state index contributed by atoms with van der Waals surface area (Å²) < 4.78 is 27.0. The number of benzene rings is 2. The van der Waals surface area contributed by atoms with Crippen molar-refractivity contribution in [2.75, 3.05) is 6.54 Å². The van der Waals surface area contributed by atoms with E-state index in [1.165, 1.54) is 24.3 Å². The van der Waals surface area contributed by atoms with E-state index in [0.717, 1.165) is 11.1 Å². The molecule has 0 atom stereocenters. The van der Waals surface area contributed by atoms with Gasteiger partial charge in [0.2, 0.25) is 10.0 Å². The third-order valence-corrected chi connectivity index (χ3v) is 5.27. The molecule has 5 N–H and O–H groups in total. The van der Waals surface area contributed by atoms with E-state index >= 15 is 0 Å². The highest BCUT2D eigenvalue weighted by molar-refractivity contribution is 7.89. The summed E-state index contributed by atoms with van der Waals surface area (Å²) in [7, 11) is -3.60. The average Bonchev–Trinajstić information content (AvgIpc) is 2.60. The van der Waals surface area contributed by atoms with Crippen LogP contribution < -0.4 is 10.5 Å². The van der Waals surface area contributed by atoms with Gasteiger partial charge in [0.15, 0.2) is 0 Å². The number of nitrogen functional groups attached to an aromatic ring is 1. The third kappa shape index (κ3) is 7.01. The van der Waals surface area contributed by atoms with Crippen molar-refractivity contribution < 1.29 is 18.3 Å². The highest BCUT2D eigenvalue weighted by atomic mass is 35.5. The van der Waals surface area contributed by atoms with Gasteiger partial charge >= 0.3 is 5.97 Å². The molecule has 9 heteroatoms. The first-order valence-electron chi connectivity index (χ1n) is 8.01. The van der Waals surface area contributed by atoms with E-state index in [4.69, 9.17) is 16.2 Å². The zero-order chi connectivity index (χ0) is 19.2. The lowest BCUT2D eigenvalue weighted by molar-refractivity contribution is -0.136. The van der Waals surface area contributed by atoms with Crippen LogP contribution >= 0.6 is 12.4 Å². The highest BCUT2D eigenvalue weighted by Crippen LogP contribution is 2.11. The molecular formula is C18H22ClN3O4S. The summed E-state index contributed by atoms with van der Waals surface area (Å²) >= 11 is 0. The number of carboxylic acids is 1. The Bertz CT molecular complexity index is 882. The zero-order valence-electron chi connectivity index (χ0n) is 14.5. The monoisotopic (exact) mass is 411 g/mol. The van der Waals surface area contributed by atoms with E-state index in [-0.39, 0.29) is 36.1 Å². The zero-order valence-corrected chi connectivity index (χ0v) is 16.1. The van der Waals surface area contributed by atoms with Crippen molar-refractivity contribution in [1.29, 1.82) is 5.41 Å². The van der Waals surface area contributed by atoms with Crippen LogP contribution in [0.4, 0.5) is 0 Å². The third-order valence-electron chi connectivity index (χ3n) is 3.79. The van der Waals surface area contributed by atoms with Gasteiger partial charge in [0.05, 0.1) is 11.3 Å². The molecule has 0 aromatic heterocycles. The summed E-state index contributed by atoms with van der Waals surface area (Å²) in [6.07, 6.45) is 1.28. The second-order valence-corrected chi connectivity index (χ2v) is 7.59. The number of rotatable bonds is 9. The molecule has 0 heterocycles. The van der Waals surface area contributed by atoms with Gasteiger partial charge in [0.25, 0.3) is 0 Å². The predicted octanol–water partition coefficient (Wildman–Crippen LogP) is 1.93. The van der Waals surface area contributed by atoms with Gasteiger partial charge in [0, 0.05) is 12.1 Å². The lowest BCUT2D eigenvalue weighted by Crippen LogP contribution is -2.25. The minimum absolute atomic E-state index is 0. The van der Waals surface area contributed by atoms with Crippen molar-refractivity contribution in [3.8, 4) is 0 Å². The average molecular weight is 412 g/mol. The topological polar surface area (TPSA) is 133 Å². The predicted molar refractivity (Wildman–Crippen MR) is 106 cm³/mol. The number of carboxylic acid groups (broad SMARTS) is 1. The number of aliphatic carboxylic acids is 1. The van der Waals surface area contributed by atoms with Gasteiger partial charge in [-0.3, -0.25) is 10.2 Å². The fourth-order valence-electron chi connectivity index (χ4n) is 2.39. The Morgan fingerprint density at radius 1 is 1.04 bits per heavy atom. The molecule has 0 spiro atoms. The van der Waals surface area contributed by atoms with Gasteiger partial charge in [-0.25, -0.2) is 13.1 Å². The number of aryl methyl sites for hydroxylation is 1. The molecule has 0 saturated heterocycles. The molecule has 0 unspecified atom stereocenters. The van der Waals surface area contributed by atoms with Crippen molar-refractivity contribution >= 4 is 34.2 Å². The first-order valence-corrected chi connectivity index (χ1v) is 9.50. The van der Waals surface area contributed by atoms with Gasteiger partial charge in [-0.15, -0.1) is 12.4 Å². The van der Waals surface area contributed by atoms with E-state index in [2.05, 4.69) is 4.72 Å². The summed E-state index contributed by atoms with van der Waals surface area (Å²) in [4.78, 5) is 10.8. The lowest BCUT2D eigenvalue weighted by atomic mass is 10.1. The molecule has 0 aliphatic rings. The minimum atomic E-state index is -3.60. The molecular weight excluding hydrogens is 390 g/mol. The molecule has 0 fully saturated rings. The van der Waals surface area contributed by atoms with Crippen LogP contribution in [-0.2, 0) is 27.7 Å². The number of carbonyl (C=O) groups is 1. The summed E-state index contributed by atoms with van der Waals surface area (Å²) in [6.45, 7) is 0.285. The van der Waals surface area contributed by atoms with E-state index in [1.807, 2.05) is 12.1 Å². The number of hydrogen-bond donors (Lipinski definition) is 4. The highest BCUT2D eigenvalue weighted by Gasteiger charge is 2.13. The lowest BCUT2D eigenvalue weighted by Gasteiger charge is -2.08. The quantitative estimate of drug-likeness (QED) is 0.284.